The topological polar surface area (TPSA) is 134 Å². The number of nitrogens with one attached hydrogen (secondary N) is 1. The summed E-state index contributed by atoms with van der Waals surface area (Å²) in [6, 6.07) is -0.725. The number of methoxy groups -OCH3 is 1. The van der Waals surface area contributed by atoms with E-state index in [1.165, 1.54) is 33.5 Å². The third-order valence-electron chi connectivity index (χ3n) is 15.2. The average Bonchev–Trinajstić information content (AvgIpc) is 3.03. The van der Waals surface area contributed by atoms with Crippen LogP contribution in [0.4, 0.5) is 0 Å². The minimum atomic E-state index is -0.792. The molecule has 10 heteroatoms. The first-order chi connectivity index (χ1) is 23.2. The predicted molar refractivity (Wildman–Crippen MR) is 186 cm³/mol. The summed E-state index contributed by atoms with van der Waals surface area (Å²) in [6.07, 6.45) is 7.39. The second-order valence-corrected chi connectivity index (χ2v) is 17.7. The van der Waals surface area contributed by atoms with Crippen molar-refractivity contribution in [3.8, 4) is 0 Å². The van der Waals surface area contributed by atoms with Crippen LogP contribution in [0.5, 0.6) is 0 Å². The molecule has 0 saturated heterocycles. The molecule has 1 amide bonds. The molecule has 1 unspecified atom stereocenters. The second-order valence-electron chi connectivity index (χ2n) is 17.7. The number of fused-ring (bicyclic) bond motifs is 7. The van der Waals surface area contributed by atoms with Gasteiger partial charge in [0.2, 0.25) is 5.91 Å². The highest BCUT2D eigenvalue weighted by Crippen LogP contribution is 2.76. The van der Waals surface area contributed by atoms with Gasteiger partial charge in [-0.2, -0.15) is 0 Å². The van der Waals surface area contributed by atoms with Crippen LogP contribution >= 0.6 is 0 Å². The summed E-state index contributed by atoms with van der Waals surface area (Å²) in [7, 11) is 1.35. The SMILES string of the molecule is COC(=O)C(C)NC(=O)[C@]12CC[C@@H](C)[C@H](C)[C@H]1C1=CC[C@@H]3[C@@]4(C)C[C@@H](OC(C)=O)[C@H](OC(C)=O)[C@@](C)(COC(C)=O)[C@@H]4CC[C@@]3(C)[C@]1(C)CC2. The van der Waals surface area contributed by atoms with Crippen molar-refractivity contribution in [2.45, 2.75) is 139 Å². The van der Waals surface area contributed by atoms with E-state index in [0.29, 0.717) is 12.3 Å². The van der Waals surface area contributed by atoms with E-state index in [4.69, 9.17) is 18.9 Å². The maximum absolute atomic E-state index is 14.4. The molecule has 280 valence electrons. The van der Waals surface area contributed by atoms with Crippen LogP contribution in [-0.2, 0) is 42.9 Å². The number of carbonyl (C=O) groups is 5. The predicted octanol–water partition coefficient (Wildman–Crippen LogP) is 6.34. The normalized spacial score (nSPS) is 44.0. The molecule has 0 aromatic rings. The third-order valence-corrected chi connectivity index (χ3v) is 15.2. The lowest BCUT2D eigenvalue weighted by Crippen LogP contribution is -2.69. The van der Waals surface area contributed by atoms with Gasteiger partial charge < -0.3 is 24.3 Å². The monoisotopic (exact) mass is 699 g/mol. The van der Waals surface area contributed by atoms with Crippen molar-refractivity contribution in [3.63, 3.8) is 0 Å². The molecular weight excluding hydrogens is 638 g/mol. The number of hydrogen-bond donors (Lipinski definition) is 1. The van der Waals surface area contributed by atoms with Crippen molar-refractivity contribution < 1.29 is 42.9 Å². The van der Waals surface area contributed by atoms with Gasteiger partial charge in [0.15, 0.2) is 0 Å². The second kappa shape index (κ2) is 13.3. The molecule has 0 aromatic carbocycles. The molecule has 0 heterocycles. The van der Waals surface area contributed by atoms with E-state index in [1.807, 2.05) is 6.92 Å². The first-order valence-corrected chi connectivity index (χ1v) is 18.8. The Hall–Kier alpha value is -2.91. The van der Waals surface area contributed by atoms with Crippen molar-refractivity contribution >= 4 is 29.8 Å². The molecule has 0 spiro atoms. The van der Waals surface area contributed by atoms with Gasteiger partial charge in [0.1, 0.15) is 24.9 Å². The Bertz CT molecular complexity index is 1440. The lowest BCUT2D eigenvalue weighted by atomic mass is 9.33. The highest BCUT2D eigenvalue weighted by molar-refractivity contribution is 5.88. The first kappa shape index (κ1) is 38.3. The summed E-state index contributed by atoms with van der Waals surface area (Å²) in [5.74, 6) is -0.827. The molecule has 10 nitrogen and oxygen atoms in total. The Morgan fingerprint density at radius 1 is 0.880 bits per heavy atom. The Morgan fingerprint density at radius 2 is 1.54 bits per heavy atom. The van der Waals surface area contributed by atoms with Crippen LogP contribution < -0.4 is 5.32 Å². The van der Waals surface area contributed by atoms with Gasteiger partial charge in [-0.15, -0.1) is 0 Å². The van der Waals surface area contributed by atoms with Crippen LogP contribution in [0.3, 0.4) is 0 Å². The summed E-state index contributed by atoms with van der Waals surface area (Å²) in [6.45, 7) is 19.7. The summed E-state index contributed by atoms with van der Waals surface area (Å²) < 4.78 is 22.7. The van der Waals surface area contributed by atoms with Crippen molar-refractivity contribution in [3.05, 3.63) is 11.6 Å². The highest BCUT2D eigenvalue weighted by atomic mass is 16.6. The van der Waals surface area contributed by atoms with E-state index < -0.39 is 53.0 Å². The zero-order chi connectivity index (χ0) is 37.2. The molecule has 5 aliphatic carbocycles. The van der Waals surface area contributed by atoms with E-state index in [0.717, 1.165) is 44.9 Å². The molecule has 1 N–H and O–H groups in total. The lowest BCUT2D eigenvalue weighted by molar-refractivity contribution is -0.255. The van der Waals surface area contributed by atoms with E-state index in [9.17, 15) is 24.0 Å². The Kier molecular flexibility index (Phi) is 10.2. The number of allylic oxidation sites excluding steroid dienone is 2. The summed E-state index contributed by atoms with van der Waals surface area (Å²) >= 11 is 0. The summed E-state index contributed by atoms with van der Waals surface area (Å²) in [5, 5.41) is 3.06. The van der Waals surface area contributed by atoms with Crippen molar-refractivity contribution in [1.82, 2.24) is 5.32 Å². The van der Waals surface area contributed by atoms with Gasteiger partial charge in [0.25, 0.3) is 0 Å². The average molecular weight is 700 g/mol. The smallest absolute Gasteiger partial charge is 0.328 e. The number of rotatable bonds is 7. The molecule has 5 rings (SSSR count). The molecular formula is C40H61NO9. The quantitative estimate of drug-likeness (QED) is 0.184. The van der Waals surface area contributed by atoms with Gasteiger partial charge in [-0.1, -0.05) is 53.2 Å². The number of ether oxygens (including phenoxy) is 4. The first-order valence-electron chi connectivity index (χ1n) is 18.8. The fourth-order valence-corrected chi connectivity index (χ4v) is 12.5. The zero-order valence-corrected chi connectivity index (χ0v) is 32.2. The number of esters is 4. The van der Waals surface area contributed by atoms with Gasteiger partial charge in [-0.05, 0) is 104 Å². The highest BCUT2D eigenvalue weighted by Gasteiger charge is 2.72. The largest absolute Gasteiger partial charge is 0.467 e. The molecule has 50 heavy (non-hydrogen) atoms. The summed E-state index contributed by atoms with van der Waals surface area (Å²) in [5.41, 5.74) is -0.709. The minimum absolute atomic E-state index is 0.0176. The fraction of sp³-hybridized carbons (Fsp3) is 0.825. The van der Waals surface area contributed by atoms with Gasteiger partial charge >= 0.3 is 23.9 Å². The van der Waals surface area contributed by atoms with Gasteiger partial charge in [-0.25, -0.2) is 4.79 Å². The fourth-order valence-electron chi connectivity index (χ4n) is 12.5. The van der Waals surface area contributed by atoms with Gasteiger partial charge in [-0.3, -0.25) is 19.2 Å². The van der Waals surface area contributed by atoms with Crippen LogP contribution in [0.2, 0.25) is 0 Å². The van der Waals surface area contributed by atoms with Crippen LogP contribution in [0.15, 0.2) is 11.6 Å². The van der Waals surface area contributed by atoms with Crippen molar-refractivity contribution in [2.75, 3.05) is 13.7 Å². The molecule has 13 atom stereocenters. The van der Waals surface area contributed by atoms with E-state index in [2.05, 4.69) is 46.0 Å². The standard InChI is InChI=1S/C40H61NO9/c1-22-14-17-40(35(46)41-24(3)34(45)47-11)19-18-38(9)28(32(40)23(22)2)12-13-31-36(7)20-29(49-26(5)43)33(50-27(6)44)37(8,21-48-25(4)42)30(36)15-16-39(31,38)10/h12,22-24,29-33H,13-21H2,1-11H3,(H,41,46)/t22-,23+,24?,29-,30-,31-,32+,33+,36+,37+,38-,39-,40+/m1/s1. The molecule has 0 radical (unpaired) electrons. The van der Waals surface area contributed by atoms with E-state index >= 15 is 0 Å². The molecule has 4 saturated carbocycles. The maximum Gasteiger partial charge on any atom is 0.328 e. The third kappa shape index (κ3) is 5.79. The lowest BCUT2D eigenvalue weighted by Gasteiger charge is -2.72. The molecule has 0 aliphatic heterocycles. The number of amides is 1. The number of hydrogen-bond acceptors (Lipinski definition) is 9. The van der Waals surface area contributed by atoms with E-state index in [1.54, 1.807) is 6.92 Å². The van der Waals surface area contributed by atoms with Crippen molar-refractivity contribution in [1.29, 1.82) is 0 Å². The van der Waals surface area contributed by atoms with Crippen LogP contribution in [0, 0.1) is 56.7 Å². The molecule has 0 aromatic heterocycles. The van der Waals surface area contributed by atoms with Gasteiger partial charge in [0, 0.05) is 26.2 Å². The molecule has 5 aliphatic rings. The molecule has 0 bridgehead atoms. The minimum Gasteiger partial charge on any atom is -0.467 e. The van der Waals surface area contributed by atoms with Crippen LogP contribution in [0.1, 0.15) is 121 Å². The Morgan fingerprint density at radius 3 is 2.14 bits per heavy atom. The Balaban J connectivity index is 1.60. The number of carbonyl (C=O) groups excluding carboxylic acids is 5. The molecule has 4 fully saturated rings. The summed E-state index contributed by atoms with van der Waals surface area (Å²) in [4.78, 5) is 64.0. The zero-order valence-electron chi connectivity index (χ0n) is 32.2. The Labute approximate surface area is 298 Å². The van der Waals surface area contributed by atoms with Crippen LogP contribution in [-0.4, -0.2) is 61.8 Å². The van der Waals surface area contributed by atoms with E-state index in [-0.39, 0.29) is 52.4 Å². The van der Waals surface area contributed by atoms with Crippen molar-refractivity contribution in [2.24, 2.45) is 56.7 Å². The maximum atomic E-state index is 14.4. The van der Waals surface area contributed by atoms with Crippen LogP contribution in [0.25, 0.3) is 0 Å². The van der Waals surface area contributed by atoms with Gasteiger partial charge in [0.05, 0.1) is 12.5 Å².